The molecule has 0 aliphatic heterocycles. The van der Waals surface area contributed by atoms with E-state index in [0.29, 0.717) is 0 Å². The molecule has 0 radical (unpaired) electrons. The number of para-hydroxylation sites is 1. The Balaban J connectivity index is 1.27. The Morgan fingerprint density at radius 1 is 0.260 bits per heavy atom. The van der Waals surface area contributed by atoms with Crippen LogP contribution in [0, 0.1) is 0 Å². The molecule has 0 N–H and O–H groups in total. The molecule has 0 amide bonds. The van der Waals surface area contributed by atoms with Gasteiger partial charge in [0.1, 0.15) is 0 Å². The van der Waals surface area contributed by atoms with E-state index < -0.39 is 0 Å². The molecule has 0 saturated carbocycles. The fourth-order valence-corrected chi connectivity index (χ4v) is 7.78. The second-order valence-corrected chi connectivity index (χ2v) is 13.0. The molecule has 10 aromatic rings. The van der Waals surface area contributed by atoms with Gasteiger partial charge in [-0.05, 0) is 75.8 Å². The average molecular weight is 637 g/mol. The van der Waals surface area contributed by atoms with E-state index in [-0.39, 0.29) is 0 Å². The summed E-state index contributed by atoms with van der Waals surface area (Å²) < 4.78 is 4.92. The highest BCUT2D eigenvalue weighted by Crippen LogP contribution is 2.43. The summed E-state index contributed by atoms with van der Waals surface area (Å²) in [7, 11) is 0. The first-order valence-electron chi connectivity index (χ1n) is 17.2. The van der Waals surface area contributed by atoms with Gasteiger partial charge in [0.05, 0.1) is 22.1 Å². The van der Waals surface area contributed by atoms with Gasteiger partial charge >= 0.3 is 0 Å². The minimum atomic E-state index is 1.14. The van der Waals surface area contributed by atoms with Crippen LogP contribution in [0.1, 0.15) is 0 Å². The quantitative estimate of drug-likeness (QED) is 0.178. The lowest BCUT2D eigenvalue weighted by Gasteiger charge is -2.11. The van der Waals surface area contributed by atoms with Crippen LogP contribution < -0.4 is 0 Å². The van der Waals surface area contributed by atoms with Crippen molar-refractivity contribution in [3.8, 4) is 44.8 Å². The van der Waals surface area contributed by atoms with Gasteiger partial charge in [-0.3, -0.25) is 0 Å². The average Bonchev–Trinajstić information content (AvgIpc) is 3.71. The monoisotopic (exact) mass is 636 g/mol. The second kappa shape index (κ2) is 11.5. The van der Waals surface area contributed by atoms with Crippen molar-refractivity contribution in [3.63, 3.8) is 0 Å². The van der Waals surface area contributed by atoms with Crippen molar-refractivity contribution < 1.29 is 0 Å². The largest absolute Gasteiger partial charge is 0.309 e. The third kappa shape index (κ3) is 4.50. The van der Waals surface area contributed by atoms with E-state index in [1.807, 2.05) is 0 Å². The molecule has 2 heterocycles. The smallest absolute Gasteiger partial charge is 0.0641 e. The van der Waals surface area contributed by atoms with E-state index in [9.17, 15) is 0 Å². The van der Waals surface area contributed by atoms with Crippen LogP contribution in [-0.2, 0) is 0 Å². The zero-order valence-electron chi connectivity index (χ0n) is 27.4. The van der Waals surface area contributed by atoms with Crippen molar-refractivity contribution in [2.75, 3.05) is 0 Å². The van der Waals surface area contributed by atoms with E-state index in [2.05, 4.69) is 203 Å². The first-order valence-corrected chi connectivity index (χ1v) is 17.2. The third-order valence-corrected chi connectivity index (χ3v) is 10.1. The molecule has 50 heavy (non-hydrogen) atoms. The molecule has 0 saturated heterocycles. The summed E-state index contributed by atoms with van der Waals surface area (Å²) in [6.07, 6.45) is 0. The fourth-order valence-electron chi connectivity index (χ4n) is 7.78. The number of rotatable bonds is 5. The minimum Gasteiger partial charge on any atom is -0.309 e. The van der Waals surface area contributed by atoms with E-state index in [0.717, 1.165) is 11.4 Å². The number of benzene rings is 8. The maximum Gasteiger partial charge on any atom is 0.0641 e. The fraction of sp³-hybridized carbons (Fsp3) is 0. The van der Waals surface area contributed by atoms with Gasteiger partial charge in [0.25, 0.3) is 0 Å². The highest BCUT2D eigenvalue weighted by Gasteiger charge is 2.21. The zero-order chi connectivity index (χ0) is 33.0. The van der Waals surface area contributed by atoms with Crippen LogP contribution in [0.15, 0.2) is 194 Å². The van der Waals surface area contributed by atoms with E-state index in [4.69, 9.17) is 0 Å². The highest BCUT2D eigenvalue weighted by atomic mass is 15.0. The lowest BCUT2D eigenvalue weighted by molar-refractivity contribution is 1.17. The molecule has 0 aliphatic rings. The highest BCUT2D eigenvalue weighted by molar-refractivity contribution is 6.26. The van der Waals surface area contributed by atoms with Gasteiger partial charge in [-0.1, -0.05) is 152 Å². The van der Waals surface area contributed by atoms with Gasteiger partial charge in [-0.2, -0.15) is 0 Å². The standard InChI is InChI=1S/C48H32N2/c1-4-12-33(13-5-1)36-20-25-39(26-21-36)49-45-31-30-42-41-18-10-11-19-44(41)50(40-27-22-37(23-28-40)34-14-6-2-7-15-34)48(42)47(45)43-29-24-38(32-46(43)49)35-16-8-3-9-17-35/h1-32H. The van der Waals surface area contributed by atoms with Gasteiger partial charge in [0.15, 0.2) is 0 Å². The summed E-state index contributed by atoms with van der Waals surface area (Å²) >= 11 is 0. The molecule has 0 fully saturated rings. The van der Waals surface area contributed by atoms with Crippen LogP contribution >= 0.6 is 0 Å². The van der Waals surface area contributed by atoms with Crippen molar-refractivity contribution in [1.29, 1.82) is 0 Å². The first kappa shape index (κ1) is 28.4. The van der Waals surface area contributed by atoms with E-state index >= 15 is 0 Å². The maximum atomic E-state index is 2.47. The lowest BCUT2D eigenvalue weighted by Crippen LogP contribution is -1.95. The lowest BCUT2D eigenvalue weighted by atomic mass is 10.0. The van der Waals surface area contributed by atoms with Crippen LogP contribution in [0.3, 0.4) is 0 Å². The molecule has 2 heteroatoms. The van der Waals surface area contributed by atoms with Crippen LogP contribution in [0.5, 0.6) is 0 Å². The SMILES string of the molecule is c1ccc(-c2ccc(-n3c4cc(-c5ccccc5)ccc4c4c3ccc3c5ccccc5n(-c5ccc(-c6ccccc6)cc5)c34)cc2)cc1. The van der Waals surface area contributed by atoms with Crippen molar-refractivity contribution in [1.82, 2.24) is 9.13 Å². The van der Waals surface area contributed by atoms with Crippen LogP contribution in [0.25, 0.3) is 88.4 Å². The first-order chi connectivity index (χ1) is 24.8. The van der Waals surface area contributed by atoms with Crippen molar-refractivity contribution >= 4 is 43.6 Å². The Labute approximate surface area is 290 Å². The molecule has 2 aromatic heterocycles. The number of nitrogens with zero attached hydrogens (tertiary/aromatic N) is 2. The molecule has 0 spiro atoms. The predicted molar refractivity (Wildman–Crippen MR) is 211 cm³/mol. The van der Waals surface area contributed by atoms with Gasteiger partial charge in [0, 0.05) is 32.9 Å². The Hall–Kier alpha value is -6.64. The molecule has 10 rings (SSSR count). The summed E-state index contributed by atoms with van der Waals surface area (Å²) in [5.74, 6) is 0. The molecule has 0 unspecified atom stereocenters. The van der Waals surface area contributed by atoms with Gasteiger partial charge in [-0.25, -0.2) is 0 Å². The molecular formula is C48H32N2. The van der Waals surface area contributed by atoms with Crippen LogP contribution in [0.4, 0.5) is 0 Å². The number of fused-ring (bicyclic) bond motifs is 7. The Morgan fingerprint density at radius 2 is 0.720 bits per heavy atom. The summed E-state index contributed by atoms with van der Waals surface area (Å²) in [6.45, 7) is 0. The summed E-state index contributed by atoms with van der Waals surface area (Å²) in [5, 5.41) is 5.01. The van der Waals surface area contributed by atoms with Gasteiger partial charge < -0.3 is 9.13 Å². The van der Waals surface area contributed by atoms with Crippen LogP contribution in [0.2, 0.25) is 0 Å². The predicted octanol–water partition coefficient (Wildman–Crippen LogP) is 12.9. The topological polar surface area (TPSA) is 9.86 Å². The molecule has 0 atom stereocenters. The summed E-state index contributed by atoms with van der Waals surface area (Å²) in [4.78, 5) is 0. The number of aromatic nitrogens is 2. The minimum absolute atomic E-state index is 1.14. The zero-order valence-corrected chi connectivity index (χ0v) is 27.4. The maximum absolute atomic E-state index is 2.47. The van der Waals surface area contributed by atoms with Gasteiger partial charge in [-0.15, -0.1) is 0 Å². The van der Waals surface area contributed by atoms with E-state index in [1.54, 1.807) is 0 Å². The summed E-state index contributed by atoms with van der Waals surface area (Å²) in [5.41, 5.74) is 14.4. The molecule has 234 valence electrons. The van der Waals surface area contributed by atoms with Gasteiger partial charge in [0.2, 0.25) is 0 Å². The number of hydrogen-bond acceptors (Lipinski definition) is 0. The Kier molecular flexibility index (Phi) is 6.53. The molecule has 8 aromatic carbocycles. The van der Waals surface area contributed by atoms with Crippen molar-refractivity contribution in [3.05, 3.63) is 194 Å². The normalized spacial score (nSPS) is 11.6. The van der Waals surface area contributed by atoms with Crippen molar-refractivity contribution in [2.45, 2.75) is 0 Å². The third-order valence-electron chi connectivity index (χ3n) is 10.1. The molecule has 0 aliphatic carbocycles. The summed E-state index contributed by atoms with van der Waals surface area (Å²) in [6, 6.07) is 70.4. The molecule has 0 bridgehead atoms. The number of hydrogen-bond donors (Lipinski definition) is 0. The Morgan fingerprint density at radius 3 is 1.32 bits per heavy atom. The molecular weight excluding hydrogens is 605 g/mol. The van der Waals surface area contributed by atoms with Crippen molar-refractivity contribution in [2.24, 2.45) is 0 Å². The second-order valence-electron chi connectivity index (χ2n) is 13.0. The molecule has 2 nitrogen and oxygen atoms in total. The Bertz CT molecular complexity index is 2810. The van der Waals surface area contributed by atoms with Crippen LogP contribution in [-0.4, -0.2) is 9.13 Å². The van der Waals surface area contributed by atoms with E-state index in [1.165, 1.54) is 77.0 Å².